The third kappa shape index (κ3) is 8.86. The molecule has 21 heavy (non-hydrogen) atoms. The van der Waals surface area contributed by atoms with Gasteiger partial charge in [0.15, 0.2) is 0 Å². The number of carboxylic acid groups (broad SMARTS) is 1. The van der Waals surface area contributed by atoms with Gasteiger partial charge in [0, 0.05) is 17.8 Å². The van der Waals surface area contributed by atoms with E-state index in [4.69, 9.17) is 5.11 Å². The van der Waals surface area contributed by atoms with Crippen molar-refractivity contribution in [1.29, 1.82) is 0 Å². The van der Waals surface area contributed by atoms with E-state index in [0.29, 0.717) is 18.2 Å². The molecular formula is C15H28N2O3S. The monoisotopic (exact) mass is 316 g/mol. The second kappa shape index (κ2) is 8.51. The van der Waals surface area contributed by atoms with Crippen molar-refractivity contribution >= 4 is 23.8 Å². The topological polar surface area (TPSA) is 78.4 Å². The van der Waals surface area contributed by atoms with Crippen molar-refractivity contribution < 1.29 is 14.7 Å². The van der Waals surface area contributed by atoms with E-state index < -0.39 is 5.97 Å². The van der Waals surface area contributed by atoms with E-state index in [0.717, 1.165) is 6.42 Å². The number of rotatable bonds is 6. The molecule has 5 nitrogen and oxygen atoms in total. The van der Waals surface area contributed by atoms with Crippen LogP contribution in [0, 0.1) is 5.41 Å². The molecule has 1 saturated heterocycles. The zero-order valence-electron chi connectivity index (χ0n) is 13.3. The molecule has 0 radical (unpaired) electrons. The van der Waals surface area contributed by atoms with Crippen molar-refractivity contribution in [2.75, 3.05) is 12.3 Å². The number of amides is 2. The average molecular weight is 316 g/mol. The van der Waals surface area contributed by atoms with Crippen LogP contribution >= 0.6 is 11.8 Å². The third-order valence-electron chi connectivity index (χ3n) is 3.38. The van der Waals surface area contributed by atoms with Crippen LogP contribution in [-0.2, 0) is 4.79 Å². The number of carbonyl (C=O) groups excluding carboxylic acids is 1. The molecule has 0 spiro atoms. The Hall–Kier alpha value is -0.910. The van der Waals surface area contributed by atoms with Crippen LogP contribution in [0.3, 0.4) is 0 Å². The van der Waals surface area contributed by atoms with Gasteiger partial charge in [-0.25, -0.2) is 4.79 Å². The minimum absolute atomic E-state index is 0.0212. The summed E-state index contributed by atoms with van der Waals surface area (Å²) in [6, 6.07) is -0.585. The summed E-state index contributed by atoms with van der Waals surface area (Å²) in [5.41, 5.74) is -0.0212. The van der Waals surface area contributed by atoms with Gasteiger partial charge in [-0.1, -0.05) is 27.2 Å². The molecule has 2 atom stereocenters. The molecule has 1 aliphatic heterocycles. The molecule has 3 N–H and O–H groups in total. The van der Waals surface area contributed by atoms with Gasteiger partial charge < -0.3 is 15.7 Å². The van der Waals surface area contributed by atoms with Crippen molar-refractivity contribution in [2.45, 2.75) is 64.2 Å². The number of urea groups is 1. The fourth-order valence-corrected chi connectivity index (χ4v) is 3.77. The van der Waals surface area contributed by atoms with Crippen LogP contribution in [0.4, 0.5) is 4.79 Å². The van der Waals surface area contributed by atoms with Crippen LogP contribution in [-0.4, -0.2) is 40.7 Å². The number of hydrogen-bond acceptors (Lipinski definition) is 3. The van der Waals surface area contributed by atoms with Gasteiger partial charge in [0.25, 0.3) is 0 Å². The first-order valence-corrected chi connectivity index (χ1v) is 8.69. The molecule has 0 aromatic carbocycles. The van der Waals surface area contributed by atoms with E-state index in [9.17, 15) is 9.59 Å². The van der Waals surface area contributed by atoms with Crippen molar-refractivity contribution in [3.05, 3.63) is 0 Å². The first-order chi connectivity index (χ1) is 9.76. The molecule has 1 rings (SSSR count). The van der Waals surface area contributed by atoms with Crippen LogP contribution in [0.1, 0.15) is 52.9 Å². The van der Waals surface area contributed by atoms with Crippen molar-refractivity contribution in [3.63, 3.8) is 0 Å². The molecule has 1 heterocycles. The lowest BCUT2D eigenvalue weighted by Gasteiger charge is -2.26. The predicted molar refractivity (Wildman–Crippen MR) is 86.7 cm³/mol. The van der Waals surface area contributed by atoms with Gasteiger partial charge in [-0.3, -0.25) is 4.79 Å². The average Bonchev–Trinajstić information content (AvgIpc) is 2.34. The summed E-state index contributed by atoms with van der Waals surface area (Å²) in [6.45, 7) is 6.78. The molecule has 0 bridgehead atoms. The Morgan fingerprint density at radius 1 is 1.33 bits per heavy atom. The highest BCUT2D eigenvalue weighted by atomic mass is 32.2. The van der Waals surface area contributed by atoms with Gasteiger partial charge in [-0.15, -0.1) is 0 Å². The smallest absolute Gasteiger partial charge is 0.315 e. The Bertz CT molecular complexity index is 349. The lowest BCUT2D eigenvalue weighted by molar-refractivity contribution is -0.137. The Balaban J connectivity index is 2.37. The molecule has 0 aromatic heterocycles. The largest absolute Gasteiger partial charge is 0.481 e. The lowest BCUT2D eigenvalue weighted by Crippen LogP contribution is -2.46. The zero-order valence-corrected chi connectivity index (χ0v) is 14.1. The summed E-state index contributed by atoms with van der Waals surface area (Å²) < 4.78 is 0. The van der Waals surface area contributed by atoms with E-state index >= 15 is 0 Å². The standard InChI is InChI=1S/C15H28N2O3S/c1-15(2,3)9-11(8-13(18)19)17-14(20)16-10-12-6-4-5-7-21-12/h11-12H,4-10H2,1-3H3,(H,18,19)(H2,16,17,20). The lowest BCUT2D eigenvalue weighted by atomic mass is 9.87. The SMILES string of the molecule is CC(C)(C)CC(CC(=O)O)NC(=O)NCC1CCCCS1. The fraction of sp³-hybridized carbons (Fsp3) is 0.867. The van der Waals surface area contributed by atoms with Crippen molar-refractivity contribution in [1.82, 2.24) is 10.6 Å². The summed E-state index contributed by atoms with van der Waals surface area (Å²) in [7, 11) is 0. The molecule has 122 valence electrons. The first kappa shape index (κ1) is 18.1. The minimum Gasteiger partial charge on any atom is -0.481 e. The maximum atomic E-state index is 11.9. The number of thioether (sulfide) groups is 1. The van der Waals surface area contributed by atoms with E-state index in [1.807, 2.05) is 32.5 Å². The molecule has 1 fully saturated rings. The quantitative estimate of drug-likeness (QED) is 0.704. The van der Waals surface area contributed by atoms with Crippen LogP contribution in [0.5, 0.6) is 0 Å². The van der Waals surface area contributed by atoms with Gasteiger partial charge in [-0.05, 0) is 30.4 Å². The van der Waals surface area contributed by atoms with Gasteiger partial charge in [0.05, 0.1) is 6.42 Å². The normalized spacial score (nSPS) is 20.6. The fourth-order valence-electron chi connectivity index (χ4n) is 2.54. The minimum atomic E-state index is -0.882. The second-order valence-corrected chi connectivity index (χ2v) is 8.31. The maximum absolute atomic E-state index is 11.9. The second-order valence-electron chi connectivity index (χ2n) is 6.90. The number of aliphatic carboxylic acids is 1. The number of carboxylic acids is 1. The molecule has 2 unspecified atom stereocenters. The summed E-state index contributed by atoms with van der Waals surface area (Å²) in [5, 5.41) is 15.1. The number of hydrogen-bond donors (Lipinski definition) is 3. The van der Waals surface area contributed by atoms with Crippen LogP contribution in [0.15, 0.2) is 0 Å². The van der Waals surface area contributed by atoms with Crippen molar-refractivity contribution in [2.24, 2.45) is 5.41 Å². The number of nitrogens with one attached hydrogen (secondary N) is 2. The van der Waals surface area contributed by atoms with Gasteiger partial charge in [-0.2, -0.15) is 11.8 Å². The summed E-state index contributed by atoms with van der Waals surface area (Å²) >= 11 is 1.91. The highest BCUT2D eigenvalue weighted by molar-refractivity contribution is 7.99. The Labute approximate surface area is 131 Å². The Morgan fingerprint density at radius 3 is 2.57 bits per heavy atom. The summed E-state index contributed by atoms with van der Waals surface area (Å²) in [6.07, 6.45) is 4.24. The van der Waals surface area contributed by atoms with Crippen LogP contribution in [0.2, 0.25) is 0 Å². The summed E-state index contributed by atoms with van der Waals surface area (Å²) in [4.78, 5) is 22.8. The molecular weight excluding hydrogens is 288 g/mol. The molecule has 0 aliphatic carbocycles. The van der Waals surface area contributed by atoms with E-state index in [1.165, 1.54) is 18.6 Å². The predicted octanol–water partition coefficient (Wildman–Crippen LogP) is 2.85. The number of carbonyl (C=O) groups is 2. The van der Waals surface area contributed by atoms with Crippen LogP contribution < -0.4 is 10.6 Å². The summed E-state index contributed by atoms with van der Waals surface area (Å²) in [5.74, 6) is 0.284. The first-order valence-electron chi connectivity index (χ1n) is 7.64. The van der Waals surface area contributed by atoms with E-state index in [1.54, 1.807) is 0 Å². The molecule has 6 heteroatoms. The van der Waals surface area contributed by atoms with Gasteiger partial charge in [0.2, 0.25) is 0 Å². The zero-order chi connectivity index (χ0) is 15.9. The highest BCUT2D eigenvalue weighted by Gasteiger charge is 2.23. The molecule has 0 saturated carbocycles. The molecule has 0 aromatic rings. The third-order valence-corrected chi connectivity index (χ3v) is 4.78. The Kier molecular flexibility index (Phi) is 7.35. The van der Waals surface area contributed by atoms with E-state index in [2.05, 4.69) is 10.6 Å². The molecule has 2 amide bonds. The van der Waals surface area contributed by atoms with Crippen molar-refractivity contribution in [3.8, 4) is 0 Å². The van der Waals surface area contributed by atoms with Crippen LogP contribution in [0.25, 0.3) is 0 Å². The van der Waals surface area contributed by atoms with E-state index in [-0.39, 0.29) is 23.9 Å². The van der Waals surface area contributed by atoms with Gasteiger partial charge in [0.1, 0.15) is 0 Å². The molecule has 1 aliphatic rings. The maximum Gasteiger partial charge on any atom is 0.315 e. The highest BCUT2D eigenvalue weighted by Crippen LogP contribution is 2.24. The van der Waals surface area contributed by atoms with Gasteiger partial charge >= 0.3 is 12.0 Å². The Morgan fingerprint density at radius 2 is 2.05 bits per heavy atom.